The zero-order valence-corrected chi connectivity index (χ0v) is 12.3. The molecule has 2 nitrogen and oxygen atoms in total. The minimum atomic E-state index is 0.553. The van der Waals surface area contributed by atoms with Crippen molar-refractivity contribution in [3.63, 3.8) is 0 Å². The third-order valence-electron chi connectivity index (χ3n) is 4.98. The van der Waals surface area contributed by atoms with Gasteiger partial charge in [0.15, 0.2) is 0 Å². The van der Waals surface area contributed by atoms with Crippen molar-refractivity contribution < 1.29 is 4.74 Å². The molecule has 0 aliphatic heterocycles. The van der Waals surface area contributed by atoms with E-state index in [0.29, 0.717) is 6.10 Å². The quantitative estimate of drug-likeness (QED) is 0.778. The van der Waals surface area contributed by atoms with Gasteiger partial charge in [0.1, 0.15) is 0 Å². The molecule has 0 heterocycles. The summed E-state index contributed by atoms with van der Waals surface area (Å²) in [5, 5.41) is 3.64. The summed E-state index contributed by atoms with van der Waals surface area (Å²) in [6, 6.07) is 0.766. The number of nitrogens with one attached hydrogen (secondary N) is 1. The van der Waals surface area contributed by atoms with E-state index in [1.54, 1.807) is 0 Å². The molecule has 0 amide bonds. The molecule has 0 spiro atoms. The van der Waals surface area contributed by atoms with Crippen molar-refractivity contribution in [2.24, 2.45) is 11.8 Å². The van der Waals surface area contributed by atoms with Crippen LogP contribution in [0.25, 0.3) is 0 Å². The summed E-state index contributed by atoms with van der Waals surface area (Å²) in [6.45, 7) is 6.68. The van der Waals surface area contributed by atoms with Crippen molar-refractivity contribution in [3.05, 3.63) is 0 Å². The summed E-state index contributed by atoms with van der Waals surface area (Å²) >= 11 is 0. The van der Waals surface area contributed by atoms with Crippen LogP contribution in [0.1, 0.15) is 65.2 Å². The van der Waals surface area contributed by atoms with E-state index in [1.807, 2.05) is 0 Å². The molecule has 4 atom stereocenters. The molecule has 0 saturated heterocycles. The highest BCUT2D eigenvalue weighted by Gasteiger charge is 2.27. The Morgan fingerprint density at radius 1 is 1.06 bits per heavy atom. The smallest absolute Gasteiger partial charge is 0.0600 e. The second-order valence-corrected chi connectivity index (χ2v) is 6.31. The third-order valence-corrected chi connectivity index (χ3v) is 4.98. The van der Waals surface area contributed by atoms with Gasteiger partial charge in [0.2, 0.25) is 0 Å². The summed E-state index contributed by atoms with van der Waals surface area (Å²) in [7, 11) is 0. The van der Waals surface area contributed by atoms with Crippen LogP contribution in [0.3, 0.4) is 0 Å². The normalized spacial score (nSPS) is 37.0. The van der Waals surface area contributed by atoms with Gasteiger partial charge in [-0.15, -0.1) is 0 Å². The molecule has 0 aromatic rings. The highest BCUT2D eigenvalue weighted by molar-refractivity contribution is 4.83. The molecule has 2 aliphatic rings. The fraction of sp³-hybridized carbons (Fsp3) is 1.00. The van der Waals surface area contributed by atoms with Gasteiger partial charge >= 0.3 is 0 Å². The van der Waals surface area contributed by atoms with Crippen LogP contribution in [0.4, 0.5) is 0 Å². The van der Waals surface area contributed by atoms with E-state index >= 15 is 0 Å². The summed E-state index contributed by atoms with van der Waals surface area (Å²) in [6.07, 6.45) is 11.4. The lowest BCUT2D eigenvalue weighted by Gasteiger charge is -2.29. The second-order valence-electron chi connectivity index (χ2n) is 6.31. The van der Waals surface area contributed by atoms with Crippen LogP contribution in [0.2, 0.25) is 0 Å². The van der Waals surface area contributed by atoms with E-state index < -0.39 is 0 Å². The molecular weight excluding hydrogens is 222 g/mol. The van der Waals surface area contributed by atoms with Gasteiger partial charge in [-0.3, -0.25) is 0 Å². The highest BCUT2D eigenvalue weighted by Crippen LogP contribution is 2.30. The first-order chi connectivity index (χ1) is 8.81. The Bertz CT molecular complexity index is 231. The predicted octanol–water partition coefficient (Wildman–Crippen LogP) is 3.75. The first-order valence-corrected chi connectivity index (χ1v) is 8.16. The average molecular weight is 253 g/mol. The van der Waals surface area contributed by atoms with E-state index in [2.05, 4.69) is 19.2 Å². The van der Waals surface area contributed by atoms with Crippen molar-refractivity contribution in [1.29, 1.82) is 0 Å². The molecule has 2 heteroatoms. The zero-order chi connectivity index (χ0) is 12.8. The standard InChI is InChI=1S/C16H31NO/c1-3-17-15-9-6-8-14(15)11-12-18-16-10-5-4-7-13(16)2/h13-17H,3-12H2,1-2H3. The van der Waals surface area contributed by atoms with Crippen LogP contribution in [0.15, 0.2) is 0 Å². The summed E-state index contributed by atoms with van der Waals surface area (Å²) < 4.78 is 6.16. The lowest BCUT2D eigenvalue weighted by molar-refractivity contribution is -0.0112. The van der Waals surface area contributed by atoms with Gasteiger partial charge in [-0.05, 0) is 50.5 Å². The molecule has 2 saturated carbocycles. The summed E-state index contributed by atoms with van der Waals surface area (Å²) in [4.78, 5) is 0. The monoisotopic (exact) mass is 253 g/mol. The third kappa shape index (κ3) is 3.96. The molecule has 18 heavy (non-hydrogen) atoms. The van der Waals surface area contributed by atoms with E-state index in [4.69, 9.17) is 4.74 Å². The van der Waals surface area contributed by atoms with E-state index in [0.717, 1.165) is 31.0 Å². The Kier molecular flexibility index (Phi) is 5.97. The maximum Gasteiger partial charge on any atom is 0.0600 e. The Labute approximate surface area is 113 Å². The van der Waals surface area contributed by atoms with Gasteiger partial charge in [-0.1, -0.05) is 33.1 Å². The van der Waals surface area contributed by atoms with Crippen LogP contribution in [-0.2, 0) is 4.74 Å². The van der Waals surface area contributed by atoms with Gasteiger partial charge < -0.3 is 10.1 Å². The lowest BCUT2D eigenvalue weighted by atomic mass is 9.88. The molecule has 106 valence electrons. The molecule has 0 radical (unpaired) electrons. The molecule has 0 bridgehead atoms. The Balaban J connectivity index is 1.65. The van der Waals surface area contributed by atoms with E-state index in [1.165, 1.54) is 51.4 Å². The number of ether oxygens (including phenoxy) is 1. The van der Waals surface area contributed by atoms with Gasteiger partial charge in [0.25, 0.3) is 0 Å². The fourth-order valence-corrected chi connectivity index (χ4v) is 3.81. The highest BCUT2D eigenvalue weighted by atomic mass is 16.5. The number of hydrogen-bond donors (Lipinski definition) is 1. The Hall–Kier alpha value is -0.0800. The first-order valence-electron chi connectivity index (χ1n) is 8.16. The number of hydrogen-bond acceptors (Lipinski definition) is 2. The Morgan fingerprint density at radius 3 is 2.67 bits per heavy atom. The molecule has 4 unspecified atom stereocenters. The topological polar surface area (TPSA) is 21.3 Å². The maximum absolute atomic E-state index is 6.16. The van der Waals surface area contributed by atoms with Crippen molar-refractivity contribution in [2.75, 3.05) is 13.2 Å². The molecule has 0 aromatic heterocycles. The van der Waals surface area contributed by atoms with Gasteiger partial charge in [0, 0.05) is 12.6 Å². The van der Waals surface area contributed by atoms with Crippen molar-refractivity contribution >= 4 is 0 Å². The molecule has 1 N–H and O–H groups in total. The van der Waals surface area contributed by atoms with E-state index in [9.17, 15) is 0 Å². The van der Waals surface area contributed by atoms with Crippen LogP contribution < -0.4 is 5.32 Å². The average Bonchev–Trinajstić information content (AvgIpc) is 2.80. The van der Waals surface area contributed by atoms with Crippen LogP contribution in [0.5, 0.6) is 0 Å². The largest absolute Gasteiger partial charge is 0.378 e. The predicted molar refractivity (Wildman–Crippen MR) is 76.8 cm³/mol. The first kappa shape index (κ1) is 14.3. The summed E-state index contributed by atoms with van der Waals surface area (Å²) in [5.41, 5.74) is 0. The molecule has 0 aromatic carbocycles. The van der Waals surface area contributed by atoms with Crippen molar-refractivity contribution in [3.8, 4) is 0 Å². The van der Waals surface area contributed by atoms with Crippen molar-refractivity contribution in [1.82, 2.24) is 5.32 Å². The lowest BCUT2D eigenvalue weighted by Crippen LogP contribution is -2.33. The van der Waals surface area contributed by atoms with Crippen molar-refractivity contribution in [2.45, 2.75) is 77.4 Å². The fourth-order valence-electron chi connectivity index (χ4n) is 3.81. The van der Waals surface area contributed by atoms with Gasteiger partial charge in [-0.2, -0.15) is 0 Å². The minimum Gasteiger partial charge on any atom is -0.378 e. The summed E-state index contributed by atoms with van der Waals surface area (Å²) in [5.74, 6) is 1.65. The van der Waals surface area contributed by atoms with E-state index in [-0.39, 0.29) is 0 Å². The van der Waals surface area contributed by atoms with Gasteiger partial charge in [-0.25, -0.2) is 0 Å². The minimum absolute atomic E-state index is 0.553. The molecule has 2 rings (SSSR count). The Morgan fingerprint density at radius 2 is 1.89 bits per heavy atom. The molecule has 2 fully saturated rings. The maximum atomic E-state index is 6.16. The molecule has 2 aliphatic carbocycles. The van der Waals surface area contributed by atoms with Gasteiger partial charge in [0.05, 0.1) is 6.10 Å². The molecular formula is C16H31NO. The SMILES string of the molecule is CCNC1CCCC1CCOC1CCCCC1C. The van der Waals surface area contributed by atoms with Crippen LogP contribution in [0, 0.1) is 11.8 Å². The second kappa shape index (κ2) is 7.49. The van der Waals surface area contributed by atoms with Crippen LogP contribution in [-0.4, -0.2) is 25.3 Å². The zero-order valence-electron chi connectivity index (χ0n) is 12.3. The number of rotatable bonds is 6. The van der Waals surface area contributed by atoms with Crippen LogP contribution >= 0.6 is 0 Å².